The SMILES string of the molecule is CCCCc1cc(-c2cc(CCCC)c(O)c3cc(C)c(C)cc23)c2cc(C)c(C)cc2c1O. The number of fused-ring (bicyclic) bond motifs is 2. The number of aromatic hydroxyl groups is 2. The van der Waals surface area contributed by atoms with Crippen molar-refractivity contribution < 1.29 is 10.2 Å². The minimum absolute atomic E-state index is 0.414. The van der Waals surface area contributed by atoms with Crippen LogP contribution < -0.4 is 0 Å². The Bertz CT molecular complexity index is 1270. The monoisotopic (exact) mass is 454 g/mol. The highest BCUT2D eigenvalue weighted by molar-refractivity contribution is 6.10. The maximum atomic E-state index is 11.2. The molecule has 0 aliphatic heterocycles. The van der Waals surface area contributed by atoms with E-state index >= 15 is 0 Å². The Morgan fingerprint density at radius 3 is 1.15 bits per heavy atom. The van der Waals surface area contributed by atoms with Crippen LogP contribution in [0.2, 0.25) is 0 Å². The number of rotatable bonds is 7. The molecule has 4 rings (SSSR count). The maximum absolute atomic E-state index is 11.2. The van der Waals surface area contributed by atoms with Crippen LogP contribution in [0.25, 0.3) is 32.7 Å². The molecule has 2 N–H and O–H groups in total. The van der Waals surface area contributed by atoms with Crippen molar-refractivity contribution in [2.24, 2.45) is 0 Å². The zero-order valence-corrected chi connectivity index (χ0v) is 21.6. The van der Waals surface area contributed by atoms with E-state index in [0.29, 0.717) is 11.5 Å². The second-order valence-corrected chi connectivity index (χ2v) is 10.0. The van der Waals surface area contributed by atoms with Gasteiger partial charge in [-0.15, -0.1) is 0 Å². The molecular weight excluding hydrogens is 416 g/mol. The van der Waals surface area contributed by atoms with Crippen LogP contribution in [-0.2, 0) is 12.8 Å². The molecule has 4 aromatic rings. The molecule has 0 bridgehead atoms. The van der Waals surface area contributed by atoms with Gasteiger partial charge in [-0.1, -0.05) is 38.8 Å². The molecule has 0 unspecified atom stereocenters. The van der Waals surface area contributed by atoms with Crippen LogP contribution in [0.4, 0.5) is 0 Å². The Balaban J connectivity index is 2.14. The van der Waals surface area contributed by atoms with Gasteiger partial charge in [-0.25, -0.2) is 0 Å². The highest BCUT2D eigenvalue weighted by Gasteiger charge is 2.19. The van der Waals surface area contributed by atoms with Crippen LogP contribution in [0.5, 0.6) is 11.5 Å². The molecule has 0 amide bonds. The summed E-state index contributed by atoms with van der Waals surface area (Å²) in [7, 11) is 0. The number of benzene rings is 4. The fourth-order valence-electron chi connectivity index (χ4n) is 5.02. The summed E-state index contributed by atoms with van der Waals surface area (Å²) in [6, 6.07) is 13.1. The zero-order chi connectivity index (χ0) is 24.6. The van der Waals surface area contributed by atoms with Gasteiger partial charge in [0, 0.05) is 10.8 Å². The van der Waals surface area contributed by atoms with E-state index in [-0.39, 0.29) is 0 Å². The average Bonchev–Trinajstić information content (AvgIpc) is 2.81. The average molecular weight is 455 g/mol. The predicted octanol–water partition coefficient (Wildman–Crippen LogP) is 8.99. The summed E-state index contributed by atoms with van der Waals surface area (Å²) in [5.41, 5.74) is 9.12. The second-order valence-electron chi connectivity index (χ2n) is 10.0. The molecule has 4 aromatic carbocycles. The van der Waals surface area contributed by atoms with E-state index < -0.39 is 0 Å². The molecular formula is C32H38O2. The maximum Gasteiger partial charge on any atom is 0.126 e. The van der Waals surface area contributed by atoms with Crippen molar-refractivity contribution in [2.75, 3.05) is 0 Å². The van der Waals surface area contributed by atoms with E-state index in [0.717, 1.165) is 82.3 Å². The molecule has 0 heterocycles. The van der Waals surface area contributed by atoms with Gasteiger partial charge in [-0.2, -0.15) is 0 Å². The normalized spacial score (nSPS) is 11.6. The molecule has 0 spiro atoms. The lowest BCUT2D eigenvalue weighted by Gasteiger charge is -2.19. The molecule has 178 valence electrons. The summed E-state index contributed by atoms with van der Waals surface area (Å²) in [4.78, 5) is 0. The highest BCUT2D eigenvalue weighted by atomic mass is 16.3. The molecule has 0 fully saturated rings. The first-order chi connectivity index (χ1) is 16.3. The fourth-order valence-corrected chi connectivity index (χ4v) is 5.02. The van der Waals surface area contributed by atoms with Crippen LogP contribution in [0.1, 0.15) is 72.9 Å². The topological polar surface area (TPSA) is 40.5 Å². The summed E-state index contributed by atoms with van der Waals surface area (Å²) in [6.45, 7) is 12.9. The molecule has 2 nitrogen and oxygen atoms in total. The van der Waals surface area contributed by atoms with E-state index in [1.54, 1.807) is 0 Å². The van der Waals surface area contributed by atoms with E-state index in [9.17, 15) is 10.2 Å². The Morgan fingerprint density at radius 1 is 0.500 bits per heavy atom. The summed E-state index contributed by atoms with van der Waals surface area (Å²) in [5, 5.41) is 26.5. The van der Waals surface area contributed by atoms with Crippen molar-refractivity contribution in [3.05, 3.63) is 69.8 Å². The van der Waals surface area contributed by atoms with E-state index in [1.807, 2.05) is 0 Å². The minimum Gasteiger partial charge on any atom is -0.507 e. The first kappa shape index (κ1) is 24.1. The Morgan fingerprint density at radius 2 is 0.824 bits per heavy atom. The number of phenols is 2. The number of hydrogen-bond acceptors (Lipinski definition) is 2. The van der Waals surface area contributed by atoms with Crippen molar-refractivity contribution in [3.8, 4) is 22.6 Å². The zero-order valence-electron chi connectivity index (χ0n) is 21.6. The summed E-state index contributed by atoms with van der Waals surface area (Å²) < 4.78 is 0. The van der Waals surface area contributed by atoms with Crippen LogP contribution >= 0.6 is 0 Å². The minimum atomic E-state index is 0.414. The molecule has 0 aliphatic carbocycles. The number of hydrogen-bond donors (Lipinski definition) is 2. The number of phenolic OH excluding ortho intramolecular Hbond substituents is 2. The number of aryl methyl sites for hydroxylation is 6. The third kappa shape index (κ3) is 4.27. The van der Waals surface area contributed by atoms with Gasteiger partial charge in [0.15, 0.2) is 0 Å². The van der Waals surface area contributed by atoms with E-state index in [2.05, 4.69) is 77.9 Å². The fraction of sp³-hybridized carbons (Fsp3) is 0.375. The standard InChI is InChI=1S/C32H38O2/c1-7-9-11-23-17-27(25-13-19(3)21(5)15-29(25)31(23)33)28-18-24(12-10-8-2)32(34)30-16-22(6)20(4)14-26(28)30/h13-18,33-34H,7-12H2,1-6H3. The van der Waals surface area contributed by atoms with Crippen molar-refractivity contribution in [2.45, 2.75) is 80.1 Å². The lowest BCUT2D eigenvalue weighted by molar-refractivity contribution is 0.472. The first-order valence-electron chi connectivity index (χ1n) is 12.8. The van der Waals surface area contributed by atoms with Crippen LogP contribution in [-0.4, -0.2) is 10.2 Å². The predicted molar refractivity (Wildman–Crippen MR) is 146 cm³/mol. The van der Waals surface area contributed by atoms with Gasteiger partial charge in [0.1, 0.15) is 11.5 Å². The summed E-state index contributed by atoms with van der Waals surface area (Å²) >= 11 is 0. The van der Waals surface area contributed by atoms with Crippen LogP contribution in [0.15, 0.2) is 36.4 Å². The first-order valence-corrected chi connectivity index (χ1v) is 12.8. The Labute approximate surface area is 204 Å². The smallest absolute Gasteiger partial charge is 0.126 e. The summed E-state index contributed by atoms with van der Waals surface area (Å²) in [5.74, 6) is 0.827. The Kier molecular flexibility index (Phi) is 6.89. The van der Waals surface area contributed by atoms with Gasteiger partial charge >= 0.3 is 0 Å². The molecule has 0 radical (unpaired) electrons. The van der Waals surface area contributed by atoms with Crippen molar-refractivity contribution in [1.29, 1.82) is 0 Å². The van der Waals surface area contributed by atoms with Crippen molar-refractivity contribution in [1.82, 2.24) is 0 Å². The third-order valence-corrected chi connectivity index (χ3v) is 7.49. The van der Waals surface area contributed by atoms with E-state index in [1.165, 1.54) is 22.3 Å². The molecule has 0 aromatic heterocycles. The lowest BCUT2D eigenvalue weighted by Crippen LogP contribution is -1.96. The molecule has 0 saturated carbocycles. The molecule has 0 aliphatic rings. The van der Waals surface area contributed by atoms with E-state index in [4.69, 9.17) is 0 Å². The van der Waals surface area contributed by atoms with Crippen LogP contribution in [0.3, 0.4) is 0 Å². The van der Waals surface area contributed by atoms with Gasteiger partial charge in [0.25, 0.3) is 0 Å². The lowest BCUT2D eigenvalue weighted by atomic mass is 9.86. The number of unbranched alkanes of at least 4 members (excludes halogenated alkanes) is 2. The van der Waals surface area contributed by atoms with Gasteiger partial charge in [-0.05, 0) is 133 Å². The molecule has 0 atom stereocenters. The largest absolute Gasteiger partial charge is 0.507 e. The molecule has 2 heteroatoms. The van der Waals surface area contributed by atoms with Gasteiger partial charge in [-0.3, -0.25) is 0 Å². The molecule has 0 saturated heterocycles. The Hall–Kier alpha value is -3.00. The quantitative estimate of drug-likeness (QED) is 0.292. The van der Waals surface area contributed by atoms with Gasteiger partial charge < -0.3 is 10.2 Å². The van der Waals surface area contributed by atoms with Gasteiger partial charge in [0.2, 0.25) is 0 Å². The third-order valence-electron chi connectivity index (χ3n) is 7.49. The van der Waals surface area contributed by atoms with Crippen molar-refractivity contribution >= 4 is 21.5 Å². The summed E-state index contributed by atoms with van der Waals surface area (Å²) in [6.07, 6.45) is 5.96. The second kappa shape index (κ2) is 9.70. The van der Waals surface area contributed by atoms with Crippen molar-refractivity contribution in [3.63, 3.8) is 0 Å². The highest BCUT2D eigenvalue weighted by Crippen LogP contribution is 2.44. The van der Waals surface area contributed by atoms with Crippen LogP contribution in [0, 0.1) is 27.7 Å². The molecule has 34 heavy (non-hydrogen) atoms. The van der Waals surface area contributed by atoms with Gasteiger partial charge in [0.05, 0.1) is 0 Å².